The molecule has 0 spiro atoms. The van der Waals surface area contributed by atoms with Crippen LogP contribution in [0.3, 0.4) is 0 Å². The molecule has 0 radical (unpaired) electrons. The van der Waals surface area contributed by atoms with Crippen LogP contribution in [-0.4, -0.2) is 19.9 Å². The highest BCUT2D eigenvalue weighted by atomic mass is 35.5. The van der Waals surface area contributed by atoms with Crippen LogP contribution in [0.1, 0.15) is 42.3 Å². The number of carbonyl (C=O) groups is 1. The van der Waals surface area contributed by atoms with Crippen LogP contribution in [0.4, 0.5) is 0 Å². The van der Waals surface area contributed by atoms with E-state index < -0.39 is 10.0 Å². The minimum atomic E-state index is -3.93. The van der Waals surface area contributed by atoms with Crippen molar-refractivity contribution >= 4 is 33.1 Å². The van der Waals surface area contributed by atoms with Gasteiger partial charge in [-0.15, -0.1) is 0 Å². The van der Waals surface area contributed by atoms with Gasteiger partial charge >= 0.3 is 0 Å². The van der Waals surface area contributed by atoms with Gasteiger partial charge in [-0.05, 0) is 29.2 Å². The molecule has 3 rings (SSSR count). The number of halogens is 1. The molecular weight excluding hydrogens is 370 g/mol. The van der Waals surface area contributed by atoms with Crippen molar-refractivity contribution in [2.75, 3.05) is 0 Å². The Balaban J connectivity index is 2.07. The summed E-state index contributed by atoms with van der Waals surface area (Å²) in [6.07, 6.45) is 1.30. The van der Waals surface area contributed by atoms with E-state index in [0.717, 1.165) is 5.56 Å². The number of allylic oxidation sites excluding steroid dienone is 2. The van der Waals surface area contributed by atoms with Gasteiger partial charge in [0.1, 0.15) is 0 Å². The largest absolute Gasteiger partial charge is 0.288 e. The lowest BCUT2D eigenvalue weighted by Crippen LogP contribution is -2.16. The second-order valence-electron chi connectivity index (χ2n) is 7.09. The van der Waals surface area contributed by atoms with E-state index in [1.165, 1.54) is 6.08 Å². The quantitative estimate of drug-likeness (QED) is 0.763. The summed E-state index contributed by atoms with van der Waals surface area (Å²) >= 11 is 5.97. The van der Waals surface area contributed by atoms with Gasteiger partial charge < -0.3 is 0 Å². The van der Waals surface area contributed by atoms with Crippen molar-refractivity contribution in [2.24, 2.45) is 4.40 Å². The van der Waals surface area contributed by atoms with Gasteiger partial charge in [-0.3, -0.25) is 4.79 Å². The predicted octanol–water partition coefficient (Wildman–Crippen LogP) is 4.48. The number of hydrogen-bond acceptors (Lipinski definition) is 3. The van der Waals surface area contributed by atoms with E-state index in [9.17, 15) is 13.2 Å². The molecule has 2 aromatic carbocycles. The lowest BCUT2D eigenvalue weighted by Gasteiger charge is -2.19. The van der Waals surface area contributed by atoms with E-state index in [2.05, 4.69) is 25.2 Å². The lowest BCUT2D eigenvalue weighted by atomic mass is 9.87. The maximum atomic E-state index is 12.7. The van der Waals surface area contributed by atoms with Gasteiger partial charge in [0.05, 0.1) is 15.6 Å². The highest BCUT2D eigenvalue weighted by molar-refractivity contribution is 7.90. The van der Waals surface area contributed by atoms with Gasteiger partial charge in [0, 0.05) is 11.1 Å². The first kappa shape index (κ1) is 18.5. The Bertz CT molecular complexity index is 1040. The zero-order chi connectivity index (χ0) is 19.1. The average Bonchev–Trinajstić information content (AvgIpc) is 2.59. The molecule has 0 aromatic heterocycles. The highest BCUT2D eigenvalue weighted by Crippen LogP contribution is 2.27. The molecule has 134 valence electrons. The number of benzene rings is 2. The molecule has 1 aliphatic carbocycles. The van der Waals surface area contributed by atoms with Crippen LogP contribution in [0.5, 0.6) is 0 Å². The number of Topliss-reactive ketones (excluding diaryl/α,β-unsaturated/α-hetero) is 1. The van der Waals surface area contributed by atoms with Crippen molar-refractivity contribution in [1.82, 2.24) is 0 Å². The Morgan fingerprint density at radius 1 is 0.923 bits per heavy atom. The molecule has 6 heteroatoms. The fourth-order valence-corrected chi connectivity index (χ4v) is 3.88. The molecular formula is C20H18ClNO3S. The first-order valence-corrected chi connectivity index (χ1v) is 9.88. The van der Waals surface area contributed by atoms with Gasteiger partial charge in [-0.25, -0.2) is 0 Å². The summed E-state index contributed by atoms with van der Waals surface area (Å²) in [4.78, 5) is 12.2. The maximum Gasteiger partial charge on any atom is 0.282 e. The Labute approximate surface area is 158 Å². The van der Waals surface area contributed by atoms with E-state index in [1.807, 2.05) is 0 Å². The van der Waals surface area contributed by atoms with Gasteiger partial charge in [0.15, 0.2) is 0 Å². The summed E-state index contributed by atoms with van der Waals surface area (Å²) in [6, 6.07) is 13.3. The summed E-state index contributed by atoms with van der Waals surface area (Å²) in [5, 5.41) is -0.0549. The fraction of sp³-hybridized carbons (Fsp3) is 0.200. The molecule has 0 unspecified atom stereocenters. The third-order valence-corrected chi connectivity index (χ3v) is 5.75. The van der Waals surface area contributed by atoms with Crippen molar-refractivity contribution in [2.45, 2.75) is 31.1 Å². The molecule has 0 fully saturated rings. The molecule has 2 aromatic rings. The number of fused-ring (bicyclic) bond motifs is 1. The van der Waals surface area contributed by atoms with Crippen molar-refractivity contribution in [3.05, 3.63) is 76.3 Å². The summed E-state index contributed by atoms with van der Waals surface area (Å²) < 4.78 is 29.4. The normalized spacial score (nSPS) is 16.4. The van der Waals surface area contributed by atoms with Crippen molar-refractivity contribution in [3.8, 4) is 0 Å². The molecule has 0 heterocycles. The fourth-order valence-electron chi connectivity index (χ4n) is 2.68. The van der Waals surface area contributed by atoms with Crippen LogP contribution in [-0.2, 0) is 15.4 Å². The lowest BCUT2D eigenvalue weighted by molar-refractivity contribution is 0.104. The number of nitrogens with zero attached hydrogens (tertiary/aromatic N) is 1. The van der Waals surface area contributed by atoms with Crippen molar-refractivity contribution in [1.29, 1.82) is 0 Å². The molecule has 0 atom stereocenters. The second-order valence-corrected chi connectivity index (χ2v) is 9.10. The SMILES string of the molecule is CC(C)(C)c1ccc(S(=O)(=O)/N=C2\C=C(Cl)C(=O)c3ccccc32)cc1. The van der Waals surface area contributed by atoms with Gasteiger partial charge in [0.25, 0.3) is 10.0 Å². The van der Waals surface area contributed by atoms with E-state index in [0.29, 0.717) is 11.1 Å². The van der Waals surface area contributed by atoms with Gasteiger partial charge in [-0.2, -0.15) is 12.8 Å². The van der Waals surface area contributed by atoms with E-state index in [1.54, 1.807) is 48.5 Å². The van der Waals surface area contributed by atoms with Crippen molar-refractivity contribution in [3.63, 3.8) is 0 Å². The topological polar surface area (TPSA) is 63.6 Å². The van der Waals surface area contributed by atoms with Crippen LogP contribution < -0.4 is 0 Å². The smallest absolute Gasteiger partial charge is 0.282 e. The number of rotatable bonds is 2. The predicted molar refractivity (Wildman–Crippen MR) is 104 cm³/mol. The van der Waals surface area contributed by atoms with Crippen LogP contribution in [0, 0.1) is 0 Å². The summed E-state index contributed by atoms with van der Waals surface area (Å²) in [5.74, 6) is -0.340. The van der Waals surface area contributed by atoms with E-state index in [4.69, 9.17) is 11.6 Å². The molecule has 4 nitrogen and oxygen atoms in total. The molecule has 0 N–H and O–H groups in total. The Hall–Kier alpha value is -2.24. The number of carbonyl (C=O) groups excluding carboxylic acids is 1. The van der Waals surface area contributed by atoms with Gasteiger partial charge in [-0.1, -0.05) is 68.8 Å². The zero-order valence-corrected chi connectivity index (χ0v) is 16.2. The minimum Gasteiger partial charge on any atom is -0.288 e. The monoisotopic (exact) mass is 387 g/mol. The highest BCUT2D eigenvalue weighted by Gasteiger charge is 2.25. The standard InChI is InChI=1S/C20H18ClNO3S/c1-20(2,3)13-8-10-14(11-9-13)26(24,25)22-18-12-17(21)19(23)16-7-5-4-6-15(16)18/h4-12H,1-3H3/b22-18+. The van der Waals surface area contributed by atoms with E-state index >= 15 is 0 Å². The molecule has 26 heavy (non-hydrogen) atoms. The first-order valence-electron chi connectivity index (χ1n) is 8.06. The summed E-state index contributed by atoms with van der Waals surface area (Å²) in [7, 11) is -3.93. The maximum absolute atomic E-state index is 12.7. The third-order valence-electron chi connectivity index (χ3n) is 4.16. The Morgan fingerprint density at radius 2 is 1.50 bits per heavy atom. The zero-order valence-electron chi connectivity index (χ0n) is 14.7. The molecule has 0 amide bonds. The van der Waals surface area contributed by atoms with Crippen LogP contribution in [0.25, 0.3) is 0 Å². The van der Waals surface area contributed by atoms with Crippen LogP contribution >= 0.6 is 11.6 Å². The summed E-state index contributed by atoms with van der Waals surface area (Å²) in [6.45, 7) is 6.17. The molecule has 1 aliphatic rings. The third kappa shape index (κ3) is 3.50. The molecule has 0 saturated heterocycles. The first-order chi connectivity index (χ1) is 12.1. The average molecular weight is 388 g/mol. The van der Waals surface area contributed by atoms with Crippen LogP contribution in [0.15, 0.2) is 68.9 Å². The molecule has 0 saturated carbocycles. The Kier molecular flexibility index (Phi) is 4.63. The van der Waals surface area contributed by atoms with Crippen LogP contribution in [0.2, 0.25) is 0 Å². The number of sulfonamides is 1. The van der Waals surface area contributed by atoms with Gasteiger partial charge in [0.2, 0.25) is 5.78 Å². The van der Waals surface area contributed by atoms with Crippen molar-refractivity contribution < 1.29 is 13.2 Å². The second kappa shape index (κ2) is 6.49. The van der Waals surface area contributed by atoms with E-state index in [-0.39, 0.29) is 26.8 Å². The molecule has 0 bridgehead atoms. The molecule has 0 aliphatic heterocycles. The minimum absolute atomic E-state index is 0.0549. The number of ketones is 1. The summed E-state index contributed by atoms with van der Waals surface area (Å²) in [5.41, 5.74) is 1.91. The Morgan fingerprint density at radius 3 is 2.08 bits per heavy atom. The number of hydrogen-bond donors (Lipinski definition) is 0.